The highest BCUT2D eigenvalue weighted by atomic mass is 32.1. The number of aromatic nitrogens is 2. The number of aromatic hydroxyl groups is 1. The van der Waals surface area contributed by atoms with Crippen LogP contribution in [0.4, 0.5) is 0 Å². The minimum atomic E-state index is -0.110. The molecule has 6 heteroatoms. The number of carbonyl (C=O) groups is 1. The molecule has 0 spiro atoms. The molecule has 27 heavy (non-hydrogen) atoms. The molecule has 0 saturated heterocycles. The number of hydrogen-bond donors (Lipinski definition) is 2. The van der Waals surface area contributed by atoms with Crippen LogP contribution in [0.5, 0.6) is 5.75 Å². The second-order valence-corrected chi connectivity index (χ2v) is 7.28. The van der Waals surface area contributed by atoms with Crippen molar-refractivity contribution < 1.29 is 9.90 Å². The Morgan fingerprint density at radius 2 is 1.96 bits per heavy atom. The molecule has 2 N–H and O–H groups in total. The summed E-state index contributed by atoms with van der Waals surface area (Å²) in [6.07, 6.45) is 0. The van der Waals surface area contributed by atoms with Crippen molar-refractivity contribution >= 4 is 28.3 Å². The van der Waals surface area contributed by atoms with E-state index in [0.717, 1.165) is 21.8 Å². The second-order valence-electron chi connectivity index (χ2n) is 6.33. The highest BCUT2D eigenvalue weighted by Crippen LogP contribution is 2.32. The summed E-state index contributed by atoms with van der Waals surface area (Å²) in [5.74, 6) is 0.875. The standard InChI is InChI=1S/C21H19N3O2S/c1-14-7-9-15(10-8-14)21(26)22-11-12-24-19-16(4-2-5-17(19)25)23-20(24)18-6-3-13-27-18/h2-10,13,25H,11-12H2,1H3,(H,22,26). The summed E-state index contributed by atoms with van der Waals surface area (Å²) >= 11 is 1.60. The van der Waals surface area contributed by atoms with Crippen LogP contribution in [0.15, 0.2) is 60.0 Å². The molecule has 0 unspecified atom stereocenters. The van der Waals surface area contributed by atoms with E-state index in [-0.39, 0.29) is 11.7 Å². The molecule has 0 radical (unpaired) electrons. The van der Waals surface area contributed by atoms with Crippen LogP contribution in [0, 0.1) is 6.92 Å². The quantitative estimate of drug-likeness (QED) is 0.547. The average molecular weight is 377 g/mol. The smallest absolute Gasteiger partial charge is 0.251 e. The van der Waals surface area contributed by atoms with Gasteiger partial charge in [0, 0.05) is 18.7 Å². The van der Waals surface area contributed by atoms with Crippen molar-refractivity contribution in [2.75, 3.05) is 6.54 Å². The fourth-order valence-electron chi connectivity index (χ4n) is 3.07. The van der Waals surface area contributed by atoms with Crippen LogP contribution < -0.4 is 5.32 Å². The molecule has 0 aliphatic rings. The van der Waals surface area contributed by atoms with Gasteiger partial charge in [0.2, 0.25) is 0 Å². The van der Waals surface area contributed by atoms with E-state index >= 15 is 0 Å². The van der Waals surface area contributed by atoms with E-state index in [4.69, 9.17) is 0 Å². The van der Waals surface area contributed by atoms with E-state index in [1.807, 2.05) is 59.3 Å². The maximum atomic E-state index is 12.3. The van der Waals surface area contributed by atoms with Crippen LogP contribution in [-0.2, 0) is 6.54 Å². The van der Waals surface area contributed by atoms with E-state index in [9.17, 15) is 9.90 Å². The van der Waals surface area contributed by atoms with Crippen molar-refractivity contribution in [3.63, 3.8) is 0 Å². The third-order valence-electron chi connectivity index (χ3n) is 4.42. The minimum Gasteiger partial charge on any atom is -0.506 e. The molecule has 2 aromatic carbocycles. The Morgan fingerprint density at radius 3 is 2.70 bits per heavy atom. The van der Waals surface area contributed by atoms with Gasteiger partial charge in [-0.1, -0.05) is 29.8 Å². The Morgan fingerprint density at radius 1 is 1.15 bits per heavy atom. The number of nitrogens with one attached hydrogen (secondary N) is 1. The molecule has 0 aliphatic heterocycles. The highest BCUT2D eigenvalue weighted by Gasteiger charge is 2.16. The first-order valence-corrected chi connectivity index (χ1v) is 9.58. The largest absolute Gasteiger partial charge is 0.506 e. The number of rotatable bonds is 5. The monoisotopic (exact) mass is 377 g/mol. The zero-order chi connectivity index (χ0) is 18.8. The number of nitrogens with zero attached hydrogens (tertiary/aromatic N) is 2. The van der Waals surface area contributed by atoms with E-state index < -0.39 is 0 Å². The number of thiophene rings is 1. The molecule has 0 bridgehead atoms. The van der Waals surface area contributed by atoms with Gasteiger partial charge >= 0.3 is 0 Å². The Labute approximate surface area is 160 Å². The molecule has 0 aliphatic carbocycles. The van der Waals surface area contributed by atoms with Gasteiger partial charge in [-0.15, -0.1) is 11.3 Å². The number of aryl methyl sites for hydroxylation is 1. The first-order chi connectivity index (χ1) is 13.1. The number of phenolic OH excluding ortho intramolecular Hbond substituents is 1. The van der Waals surface area contributed by atoms with Gasteiger partial charge in [-0.3, -0.25) is 4.79 Å². The van der Waals surface area contributed by atoms with E-state index in [2.05, 4.69) is 10.3 Å². The van der Waals surface area contributed by atoms with E-state index in [1.165, 1.54) is 0 Å². The molecule has 2 heterocycles. The fraction of sp³-hybridized carbons (Fsp3) is 0.143. The van der Waals surface area contributed by atoms with Gasteiger partial charge in [0.15, 0.2) is 5.82 Å². The molecular formula is C21H19N3O2S. The Kier molecular flexibility index (Phi) is 4.64. The summed E-state index contributed by atoms with van der Waals surface area (Å²) in [6.45, 7) is 2.94. The summed E-state index contributed by atoms with van der Waals surface area (Å²) in [4.78, 5) is 18.1. The van der Waals surface area contributed by atoms with Crippen molar-refractivity contribution in [3.8, 4) is 16.5 Å². The summed E-state index contributed by atoms with van der Waals surface area (Å²) < 4.78 is 1.96. The lowest BCUT2D eigenvalue weighted by molar-refractivity contribution is 0.0952. The van der Waals surface area contributed by atoms with E-state index in [0.29, 0.717) is 24.2 Å². The van der Waals surface area contributed by atoms with Gasteiger partial charge in [0.1, 0.15) is 11.3 Å². The summed E-state index contributed by atoms with van der Waals surface area (Å²) in [6, 6.07) is 16.8. The fourth-order valence-corrected chi connectivity index (χ4v) is 3.79. The van der Waals surface area contributed by atoms with Crippen LogP contribution in [0.1, 0.15) is 15.9 Å². The molecule has 2 aromatic heterocycles. The number of fused-ring (bicyclic) bond motifs is 1. The maximum Gasteiger partial charge on any atom is 0.251 e. The average Bonchev–Trinajstić information content (AvgIpc) is 3.30. The third-order valence-corrected chi connectivity index (χ3v) is 5.29. The van der Waals surface area contributed by atoms with Crippen molar-refractivity contribution in [1.29, 1.82) is 0 Å². The molecule has 0 saturated carbocycles. The predicted octanol–water partition coefficient (Wildman–Crippen LogP) is 4.21. The van der Waals surface area contributed by atoms with Gasteiger partial charge in [0.25, 0.3) is 5.91 Å². The van der Waals surface area contributed by atoms with Gasteiger partial charge in [-0.25, -0.2) is 4.98 Å². The molecule has 4 rings (SSSR count). The number of carbonyl (C=O) groups excluding carboxylic acids is 1. The minimum absolute atomic E-state index is 0.110. The predicted molar refractivity (Wildman–Crippen MR) is 108 cm³/mol. The van der Waals surface area contributed by atoms with Gasteiger partial charge < -0.3 is 15.0 Å². The summed E-state index contributed by atoms with van der Waals surface area (Å²) in [7, 11) is 0. The maximum absolute atomic E-state index is 12.3. The lowest BCUT2D eigenvalue weighted by Crippen LogP contribution is -2.27. The van der Waals surface area contributed by atoms with Crippen molar-refractivity contribution in [2.24, 2.45) is 0 Å². The summed E-state index contributed by atoms with van der Waals surface area (Å²) in [5.41, 5.74) is 3.18. The molecule has 5 nitrogen and oxygen atoms in total. The number of para-hydroxylation sites is 1. The Hall–Kier alpha value is -3.12. The van der Waals surface area contributed by atoms with Crippen LogP contribution >= 0.6 is 11.3 Å². The SMILES string of the molecule is Cc1ccc(C(=O)NCCn2c(-c3cccs3)nc3cccc(O)c32)cc1. The lowest BCUT2D eigenvalue weighted by Gasteiger charge is -2.10. The van der Waals surface area contributed by atoms with Crippen LogP contribution in [-0.4, -0.2) is 27.1 Å². The van der Waals surface area contributed by atoms with Crippen molar-refractivity contribution in [2.45, 2.75) is 13.5 Å². The molecule has 1 amide bonds. The molecule has 4 aromatic rings. The second kappa shape index (κ2) is 7.25. The normalized spacial score (nSPS) is 11.0. The topological polar surface area (TPSA) is 67.2 Å². The molecule has 0 fully saturated rings. The Bertz CT molecular complexity index is 1080. The summed E-state index contributed by atoms with van der Waals surface area (Å²) in [5, 5.41) is 15.3. The van der Waals surface area contributed by atoms with Gasteiger partial charge in [-0.2, -0.15) is 0 Å². The van der Waals surface area contributed by atoms with Crippen LogP contribution in [0.2, 0.25) is 0 Å². The van der Waals surface area contributed by atoms with Crippen molar-refractivity contribution in [3.05, 3.63) is 71.1 Å². The van der Waals surface area contributed by atoms with Gasteiger partial charge in [-0.05, 0) is 42.6 Å². The zero-order valence-electron chi connectivity index (χ0n) is 14.8. The first kappa shape index (κ1) is 17.3. The lowest BCUT2D eigenvalue weighted by atomic mass is 10.1. The van der Waals surface area contributed by atoms with E-state index in [1.54, 1.807) is 23.5 Å². The highest BCUT2D eigenvalue weighted by molar-refractivity contribution is 7.13. The number of benzene rings is 2. The third kappa shape index (κ3) is 3.44. The number of imidazole rings is 1. The first-order valence-electron chi connectivity index (χ1n) is 8.70. The van der Waals surface area contributed by atoms with Crippen LogP contribution in [0.25, 0.3) is 21.7 Å². The zero-order valence-corrected chi connectivity index (χ0v) is 15.7. The number of amides is 1. The number of phenols is 1. The Balaban J connectivity index is 1.58. The molecule has 136 valence electrons. The van der Waals surface area contributed by atoms with Crippen LogP contribution in [0.3, 0.4) is 0 Å². The molecule has 0 atom stereocenters. The molecular weight excluding hydrogens is 358 g/mol. The van der Waals surface area contributed by atoms with Gasteiger partial charge in [0.05, 0.1) is 10.4 Å². The van der Waals surface area contributed by atoms with Crippen molar-refractivity contribution in [1.82, 2.24) is 14.9 Å². The number of hydrogen-bond acceptors (Lipinski definition) is 4.